The minimum Gasteiger partial charge on any atom is -0.326 e. The minimum absolute atomic E-state index is 0.141. The fourth-order valence-electron chi connectivity index (χ4n) is 3.81. The van der Waals surface area contributed by atoms with Gasteiger partial charge in [0.1, 0.15) is 17.2 Å². The second-order valence-corrected chi connectivity index (χ2v) is 7.65. The van der Waals surface area contributed by atoms with Crippen LogP contribution in [0.4, 0.5) is 10.1 Å². The second kappa shape index (κ2) is 7.75. The maximum absolute atomic E-state index is 13.0. The maximum atomic E-state index is 13.0. The number of nitrogens with one attached hydrogen (secondary N) is 2. The maximum Gasteiger partial charge on any atom is 0.272 e. The average Bonchev–Trinajstić information content (AvgIpc) is 3.02. The van der Waals surface area contributed by atoms with Crippen LogP contribution in [-0.2, 0) is 9.59 Å². The number of nitrogens with zero attached hydrogens (tertiary/aromatic N) is 2. The molecule has 2 amide bonds. The van der Waals surface area contributed by atoms with Gasteiger partial charge in [0.2, 0.25) is 5.91 Å². The van der Waals surface area contributed by atoms with E-state index in [1.165, 1.54) is 24.3 Å². The van der Waals surface area contributed by atoms with Crippen LogP contribution in [0, 0.1) is 12.7 Å². The highest BCUT2D eigenvalue weighted by atomic mass is 19.1. The highest BCUT2D eigenvalue weighted by molar-refractivity contribution is 6.46. The van der Waals surface area contributed by atoms with Crippen LogP contribution in [0.2, 0.25) is 0 Å². The number of hydrogen-bond acceptors (Lipinski definition) is 4. The Morgan fingerprint density at radius 3 is 2.62 bits per heavy atom. The van der Waals surface area contributed by atoms with Crippen molar-refractivity contribution in [1.82, 2.24) is 10.2 Å². The first-order valence-corrected chi connectivity index (χ1v) is 9.70. The zero-order valence-electron chi connectivity index (χ0n) is 16.2. The molecule has 6 nitrogen and oxygen atoms in total. The summed E-state index contributed by atoms with van der Waals surface area (Å²) in [6.45, 7) is 3.54. The lowest BCUT2D eigenvalue weighted by Gasteiger charge is -2.36. The zero-order valence-corrected chi connectivity index (χ0v) is 16.2. The molecule has 7 heteroatoms. The summed E-state index contributed by atoms with van der Waals surface area (Å²) in [6.07, 6.45) is 1.30. The van der Waals surface area contributed by atoms with Gasteiger partial charge in [-0.25, -0.2) is 4.39 Å². The largest absolute Gasteiger partial charge is 0.326 e. The number of anilines is 1. The van der Waals surface area contributed by atoms with E-state index in [-0.39, 0.29) is 24.2 Å². The van der Waals surface area contributed by atoms with E-state index in [0.29, 0.717) is 37.3 Å². The molecule has 2 aromatic carbocycles. The highest BCUT2D eigenvalue weighted by Gasteiger charge is 2.42. The van der Waals surface area contributed by atoms with E-state index < -0.39 is 5.66 Å². The first-order valence-electron chi connectivity index (χ1n) is 9.70. The molecule has 29 heavy (non-hydrogen) atoms. The van der Waals surface area contributed by atoms with E-state index in [1.807, 2.05) is 36.1 Å². The standard InChI is InChI=1S/C22H23FN4O2/c1-15-3-2-4-16(13-15)20-21(29)26-22(25-20)9-11-27(12-10-22)14-19(28)24-18-7-5-17(23)6-8-18/h2-8,13H,9-12,14H2,1H3,(H,24,28)(H,26,29). The summed E-state index contributed by atoms with van der Waals surface area (Å²) >= 11 is 0. The van der Waals surface area contributed by atoms with Crippen molar-refractivity contribution in [3.63, 3.8) is 0 Å². The molecule has 1 saturated heterocycles. The highest BCUT2D eigenvalue weighted by Crippen LogP contribution is 2.29. The van der Waals surface area contributed by atoms with Crippen LogP contribution in [0.15, 0.2) is 53.5 Å². The molecule has 1 spiro atoms. The predicted molar refractivity (Wildman–Crippen MR) is 109 cm³/mol. The number of piperidine rings is 1. The minimum atomic E-state index is -0.583. The van der Waals surface area contributed by atoms with Crippen LogP contribution < -0.4 is 10.6 Å². The molecule has 0 bridgehead atoms. The molecule has 4 rings (SSSR count). The number of aryl methyl sites for hydroxylation is 1. The number of carbonyl (C=O) groups is 2. The fraction of sp³-hybridized carbons (Fsp3) is 0.318. The number of hydrogen-bond donors (Lipinski definition) is 2. The lowest BCUT2D eigenvalue weighted by Crippen LogP contribution is -2.52. The third-order valence-electron chi connectivity index (χ3n) is 5.36. The number of halogens is 1. The first kappa shape index (κ1) is 19.3. The molecule has 0 saturated carbocycles. The zero-order chi connectivity index (χ0) is 20.4. The first-order chi connectivity index (χ1) is 13.9. The van der Waals surface area contributed by atoms with Gasteiger partial charge in [-0.3, -0.25) is 19.5 Å². The van der Waals surface area contributed by atoms with Gasteiger partial charge in [-0.2, -0.15) is 0 Å². The fourth-order valence-corrected chi connectivity index (χ4v) is 3.81. The van der Waals surface area contributed by atoms with Gasteiger partial charge in [0, 0.05) is 37.2 Å². The lowest BCUT2D eigenvalue weighted by atomic mass is 9.98. The summed E-state index contributed by atoms with van der Waals surface area (Å²) < 4.78 is 13.0. The number of carbonyl (C=O) groups excluding carboxylic acids is 2. The molecule has 0 radical (unpaired) electrons. The smallest absolute Gasteiger partial charge is 0.272 e. The predicted octanol–water partition coefficient (Wildman–Crippen LogP) is 2.48. The van der Waals surface area contributed by atoms with Gasteiger partial charge in [0.05, 0.1) is 6.54 Å². The Labute approximate surface area is 168 Å². The number of aliphatic imine (C=N–C) groups is 1. The average molecular weight is 394 g/mol. The van der Waals surface area contributed by atoms with Crippen molar-refractivity contribution in [2.24, 2.45) is 4.99 Å². The third kappa shape index (κ3) is 4.35. The van der Waals surface area contributed by atoms with Crippen LogP contribution in [0.5, 0.6) is 0 Å². The van der Waals surface area contributed by atoms with Gasteiger partial charge < -0.3 is 10.6 Å². The summed E-state index contributed by atoms with van der Waals surface area (Å²) in [4.78, 5) is 31.5. The molecule has 0 atom stereocenters. The van der Waals surface area contributed by atoms with Crippen LogP contribution >= 0.6 is 0 Å². The molecular formula is C22H23FN4O2. The normalized spacial score (nSPS) is 18.4. The van der Waals surface area contributed by atoms with Gasteiger partial charge in [-0.05, 0) is 37.3 Å². The van der Waals surface area contributed by atoms with Gasteiger partial charge in [-0.1, -0.05) is 23.8 Å². The number of rotatable bonds is 4. The summed E-state index contributed by atoms with van der Waals surface area (Å²) in [5.41, 5.74) is 2.39. The van der Waals surface area contributed by atoms with E-state index >= 15 is 0 Å². The van der Waals surface area contributed by atoms with Crippen LogP contribution in [0.1, 0.15) is 24.0 Å². The molecule has 2 heterocycles. The van der Waals surface area contributed by atoms with Crippen LogP contribution in [-0.4, -0.2) is 47.7 Å². The molecule has 150 valence electrons. The molecule has 2 aliphatic heterocycles. The van der Waals surface area contributed by atoms with Crippen molar-refractivity contribution in [3.8, 4) is 0 Å². The van der Waals surface area contributed by atoms with E-state index in [4.69, 9.17) is 4.99 Å². The topological polar surface area (TPSA) is 73.8 Å². The van der Waals surface area contributed by atoms with Crippen LogP contribution in [0.3, 0.4) is 0 Å². The van der Waals surface area contributed by atoms with Gasteiger partial charge in [-0.15, -0.1) is 0 Å². The van der Waals surface area contributed by atoms with Crippen molar-refractivity contribution in [2.45, 2.75) is 25.4 Å². The third-order valence-corrected chi connectivity index (χ3v) is 5.36. The molecule has 2 aromatic rings. The van der Waals surface area contributed by atoms with Gasteiger partial charge in [0.15, 0.2) is 0 Å². The van der Waals surface area contributed by atoms with E-state index in [9.17, 15) is 14.0 Å². The molecule has 2 aliphatic rings. The number of likely N-dealkylation sites (tertiary alicyclic amines) is 1. The summed E-state index contributed by atoms with van der Waals surface area (Å²) in [6, 6.07) is 13.5. The molecule has 0 unspecified atom stereocenters. The van der Waals surface area contributed by atoms with Crippen molar-refractivity contribution >= 4 is 23.2 Å². The van der Waals surface area contributed by atoms with Crippen molar-refractivity contribution in [3.05, 3.63) is 65.5 Å². The Hall–Kier alpha value is -3.06. The molecule has 1 fully saturated rings. The second-order valence-electron chi connectivity index (χ2n) is 7.65. The summed E-state index contributed by atoms with van der Waals surface area (Å²) in [5, 5.41) is 5.82. The molecular weight excluding hydrogens is 371 g/mol. The Balaban J connectivity index is 1.36. The van der Waals surface area contributed by atoms with E-state index in [1.54, 1.807) is 0 Å². The Bertz CT molecular complexity index is 963. The molecule has 0 aliphatic carbocycles. The number of amides is 2. The molecule has 2 N–H and O–H groups in total. The Morgan fingerprint density at radius 1 is 1.21 bits per heavy atom. The van der Waals surface area contributed by atoms with Crippen molar-refractivity contribution in [1.29, 1.82) is 0 Å². The SMILES string of the molecule is Cc1cccc(C2=NC3(CCN(CC(=O)Nc4ccc(F)cc4)CC3)NC2=O)c1. The van der Waals surface area contributed by atoms with Gasteiger partial charge in [0.25, 0.3) is 5.91 Å². The lowest BCUT2D eigenvalue weighted by molar-refractivity contribution is -0.119. The quantitative estimate of drug-likeness (QED) is 0.837. The molecule has 0 aromatic heterocycles. The Morgan fingerprint density at radius 2 is 1.93 bits per heavy atom. The monoisotopic (exact) mass is 394 g/mol. The van der Waals surface area contributed by atoms with E-state index in [2.05, 4.69) is 10.6 Å². The van der Waals surface area contributed by atoms with Crippen molar-refractivity contribution in [2.75, 3.05) is 25.0 Å². The van der Waals surface area contributed by atoms with Crippen LogP contribution in [0.25, 0.3) is 0 Å². The van der Waals surface area contributed by atoms with E-state index in [0.717, 1.165) is 11.1 Å². The van der Waals surface area contributed by atoms with Crippen molar-refractivity contribution < 1.29 is 14.0 Å². The van der Waals surface area contributed by atoms with Gasteiger partial charge >= 0.3 is 0 Å². The number of benzene rings is 2. The summed E-state index contributed by atoms with van der Waals surface area (Å²) in [5.74, 6) is -0.626. The Kier molecular flexibility index (Phi) is 5.15. The summed E-state index contributed by atoms with van der Waals surface area (Å²) in [7, 11) is 0.